The molecule has 49 heavy (non-hydrogen) atoms. The Bertz CT molecular complexity index is 2730. The summed E-state index contributed by atoms with van der Waals surface area (Å²) in [5.41, 5.74) is 17.0. The van der Waals surface area contributed by atoms with Gasteiger partial charge in [0, 0.05) is 39.1 Å². The molecule has 0 fully saturated rings. The maximum Gasteiger partial charge on any atom is 0.143 e. The molecule has 0 atom stereocenters. The Morgan fingerprint density at radius 1 is 0.531 bits per heavy atom. The van der Waals surface area contributed by atoms with Crippen molar-refractivity contribution in [2.75, 3.05) is 0 Å². The molecule has 0 N–H and O–H groups in total. The second kappa shape index (κ2) is 10.4. The minimum atomic E-state index is -0.0614. The zero-order chi connectivity index (χ0) is 32.7. The number of furan rings is 1. The second-order valence-corrected chi connectivity index (χ2v) is 13.6. The molecule has 1 aliphatic carbocycles. The summed E-state index contributed by atoms with van der Waals surface area (Å²) in [5, 5.41) is 2.27. The van der Waals surface area contributed by atoms with Crippen molar-refractivity contribution >= 4 is 27.6 Å². The molecule has 3 heteroatoms. The Labute approximate surface area is 284 Å². The van der Waals surface area contributed by atoms with Gasteiger partial charge in [0.2, 0.25) is 0 Å². The second-order valence-electron chi connectivity index (χ2n) is 13.6. The third kappa shape index (κ3) is 4.12. The zero-order valence-electron chi connectivity index (χ0n) is 27.3. The summed E-state index contributed by atoms with van der Waals surface area (Å²) >= 11 is 0. The summed E-state index contributed by atoms with van der Waals surface area (Å²) < 4.78 is 8.90. The van der Waals surface area contributed by atoms with Crippen molar-refractivity contribution < 1.29 is 4.42 Å². The molecule has 1 aliphatic rings. The first-order valence-electron chi connectivity index (χ1n) is 16.9. The normalized spacial score (nSPS) is 13.3. The van der Waals surface area contributed by atoms with Gasteiger partial charge in [0.1, 0.15) is 16.8 Å². The molecule has 0 bridgehead atoms. The van der Waals surface area contributed by atoms with E-state index in [1.54, 1.807) is 0 Å². The van der Waals surface area contributed by atoms with E-state index in [9.17, 15) is 0 Å². The molecule has 3 aromatic heterocycles. The smallest absolute Gasteiger partial charge is 0.143 e. The largest absolute Gasteiger partial charge is 0.455 e. The first kappa shape index (κ1) is 27.9. The molecule has 0 aliphatic heterocycles. The van der Waals surface area contributed by atoms with E-state index in [4.69, 9.17) is 9.40 Å². The number of hydrogen-bond donors (Lipinski definition) is 0. The highest BCUT2D eigenvalue weighted by atomic mass is 16.3. The van der Waals surface area contributed by atoms with Gasteiger partial charge in [0.25, 0.3) is 0 Å². The molecule has 232 valence electrons. The molecule has 0 radical (unpaired) electrons. The molecule has 0 saturated heterocycles. The summed E-state index contributed by atoms with van der Waals surface area (Å²) in [6.45, 7) is 4.66. The van der Waals surface area contributed by atoms with Gasteiger partial charge in [-0.05, 0) is 63.2 Å². The van der Waals surface area contributed by atoms with Gasteiger partial charge in [-0.1, -0.05) is 141 Å². The quantitative estimate of drug-likeness (QED) is 0.194. The minimum absolute atomic E-state index is 0.0614. The Hall–Kier alpha value is -6.19. The summed E-state index contributed by atoms with van der Waals surface area (Å²) in [4.78, 5) is 5.03. The SMILES string of the molecule is CC1(C)c2ccccc2-c2ccc(-c3cccc4c3oc3cccc(-c5ccc(-c6c(-c7ccccc7)nc7ccccn67)cc5)c34)cc21. The number of para-hydroxylation sites is 1. The number of nitrogens with zero attached hydrogens (tertiary/aromatic N) is 2. The van der Waals surface area contributed by atoms with E-state index in [1.807, 2.05) is 12.1 Å². The number of rotatable bonds is 4. The lowest BCUT2D eigenvalue weighted by atomic mass is 9.81. The third-order valence-electron chi connectivity index (χ3n) is 10.5. The van der Waals surface area contributed by atoms with Crippen molar-refractivity contribution in [3.05, 3.63) is 169 Å². The van der Waals surface area contributed by atoms with Gasteiger partial charge < -0.3 is 4.42 Å². The van der Waals surface area contributed by atoms with Crippen LogP contribution in [-0.2, 0) is 5.41 Å². The van der Waals surface area contributed by atoms with Crippen LogP contribution in [0.5, 0.6) is 0 Å². The van der Waals surface area contributed by atoms with Crippen LogP contribution in [0.4, 0.5) is 0 Å². The van der Waals surface area contributed by atoms with Crippen LogP contribution < -0.4 is 0 Å². The van der Waals surface area contributed by atoms with Gasteiger partial charge in [-0.3, -0.25) is 4.40 Å². The van der Waals surface area contributed by atoms with Crippen LogP contribution in [0.2, 0.25) is 0 Å². The Kier molecular flexibility index (Phi) is 5.92. The van der Waals surface area contributed by atoms with Crippen molar-refractivity contribution in [2.45, 2.75) is 19.3 Å². The Balaban J connectivity index is 1.09. The van der Waals surface area contributed by atoms with E-state index >= 15 is 0 Å². The van der Waals surface area contributed by atoms with Gasteiger partial charge in [-0.2, -0.15) is 0 Å². The van der Waals surface area contributed by atoms with E-state index in [0.717, 1.165) is 66.8 Å². The molecule has 0 spiro atoms. The first-order chi connectivity index (χ1) is 24.1. The topological polar surface area (TPSA) is 30.4 Å². The molecule has 0 saturated carbocycles. The molecule has 3 nitrogen and oxygen atoms in total. The van der Waals surface area contributed by atoms with Gasteiger partial charge in [-0.15, -0.1) is 0 Å². The molecule has 9 aromatic rings. The highest BCUT2D eigenvalue weighted by molar-refractivity contribution is 6.15. The zero-order valence-corrected chi connectivity index (χ0v) is 27.3. The molecular formula is C46H32N2O. The van der Waals surface area contributed by atoms with E-state index in [2.05, 4.69) is 164 Å². The van der Waals surface area contributed by atoms with E-state index in [1.165, 1.54) is 27.8 Å². The number of benzene rings is 6. The van der Waals surface area contributed by atoms with Crippen molar-refractivity contribution in [3.63, 3.8) is 0 Å². The van der Waals surface area contributed by atoms with Crippen molar-refractivity contribution in [1.82, 2.24) is 9.38 Å². The Morgan fingerprint density at radius 3 is 2.10 bits per heavy atom. The maximum atomic E-state index is 6.72. The fraction of sp³-hybridized carbons (Fsp3) is 0.0652. The average molecular weight is 629 g/mol. The summed E-state index contributed by atoms with van der Waals surface area (Å²) in [7, 11) is 0. The average Bonchev–Trinajstić information content (AvgIpc) is 3.80. The minimum Gasteiger partial charge on any atom is -0.455 e. The fourth-order valence-electron chi connectivity index (χ4n) is 8.06. The van der Waals surface area contributed by atoms with Gasteiger partial charge in [0.05, 0.1) is 11.4 Å². The van der Waals surface area contributed by atoms with Crippen LogP contribution in [0.1, 0.15) is 25.0 Å². The van der Waals surface area contributed by atoms with Crippen LogP contribution in [-0.4, -0.2) is 9.38 Å². The summed E-state index contributed by atoms with van der Waals surface area (Å²) in [6, 6.07) is 54.1. The van der Waals surface area contributed by atoms with Gasteiger partial charge in [0.15, 0.2) is 0 Å². The van der Waals surface area contributed by atoms with Gasteiger partial charge >= 0.3 is 0 Å². The highest BCUT2D eigenvalue weighted by Gasteiger charge is 2.35. The summed E-state index contributed by atoms with van der Waals surface area (Å²) in [6.07, 6.45) is 2.09. The Morgan fingerprint density at radius 2 is 1.22 bits per heavy atom. The number of imidazole rings is 1. The lowest BCUT2D eigenvalue weighted by Gasteiger charge is -2.22. The lowest BCUT2D eigenvalue weighted by molar-refractivity contribution is 0.660. The maximum absolute atomic E-state index is 6.72. The first-order valence-corrected chi connectivity index (χ1v) is 16.9. The monoisotopic (exact) mass is 628 g/mol. The predicted octanol–water partition coefficient (Wildman–Crippen LogP) is 12.2. The van der Waals surface area contributed by atoms with Crippen LogP contribution in [0.3, 0.4) is 0 Å². The van der Waals surface area contributed by atoms with Crippen LogP contribution in [0.25, 0.3) is 83.5 Å². The summed E-state index contributed by atoms with van der Waals surface area (Å²) in [5.74, 6) is 0. The van der Waals surface area contributed by atoms with Crippen molar-refractivity contribution in [3.8, 4) is 55.9 Å². The molecule has 6 aromatic carbocycles. The fourth-order valence-corrected chi connectivity index (χ4v) is 8.06. The van der Waals surface area contributed by atoms with Crippen molar-refractivity contribution in [1.29, 1.82) is 0 Å². The van der Waals surface area contributed by atoms with Crippen LogP contribution in [0.15, 0.2) is 162 Å². The number of hydrogen-bond acceptors (Lipinski definition) is 2. The highest BCUT2D eigenvalue weighted by Crippen LogP contribution is 2.50. The molecule has 0 unspecified atom stereocenters. The van der Waals surface area contributed by atoms with E-state index in [-0.39, 0.29) is 5.41 Å². The molecule has 10 rings (SSSR count). The van der Waals surface area contributed by atoms with E-state index in [0.29, 0.717) is 0 Å². The lowest BCUT2D eigenvalue weighted by Crippen LogP contribution is -2.14. The van der Waals surface area contributed by atoms with Crippen LogP contribution >= 0.6 is 0 Å². The standard InChI is InChI=1S/C46H32N2O/c1-46(2)38-18-7-6-14-35(38)36-26-25-32(28-39(36)46)34-16-10-17-37-42-33(15-11-19-40(42)49-45(34)37)29-21-23-31(24-22-29)44-43(30-12-4-3-5-13-30)47-41-20-8-9-27-48(41)44/h3-28H,1-2H3. The number of pyridine rings is 1. The van der Waals surface area contributed by atoms with E-state index < -0.39 is 0 Å². The third-order valence-corrected chi connectivity index (χ3v) is 10.5. The van der Waals surface area contributed by atoms with Crippen LogP contribution in [0, 0.1) is 0 Å². The van der Waals surface area contributed by atoms with Gasteiger partial charge in [-0.25, -0.2) is 4.98 Å². The number of aromatic nitrogens is 2. The number of fused-ring (bicyclic) bond motifs is 7. The predicted molar refractivity (Wildman–Crippen MR) is 202 cm³/mol. The molecular weight excluding hydrogens is 597 g/mol. The van der Waals surface area contributed by atoms with Crippen molar-refractivity contribution in [2.24, 2.45) is 0 Å². The molecule has 3 heterocycles. The molecule has 0 amide bonds.